The van der Waals surface area contributed by atoms with Gasteiger partial charge in [-0.15, -0.1) is 0 Å². The molecule has 2 rings (SSSR count). The summed E-state index contributed by atoms with van der Waals surface area (Å²) in [5.41, 5.74) is 5.79. The molecule has 2 saturated heterocycles. The average Bonchev–Trinajstić information content (AvgIpc) is 2.81. The lowest BCUT2D eigenvalue weighted by molar-refractivity contribution is -0.148. The molecule has 0 radical (unpaired) electrons. The van der Waals surface area contributed by atoms with Crippen molar-refractivity contribution in [1.29, 1.82) is 0 Å². The van der Waals surface area contributed by atoms with Crippen LogP contribution < -0.4 is 5.73 Å². The van der Waals surface area contributed by atoms with Crippen molar-refractivity contribution in [1.82, 2.24) is 4.90 Å². The second-order valence-electron chi connectivity index (χ2n) is 4.55. The molecule has 2 heterocycles. The Balaban J connectivity index is 1.90. The summed E-state index contributed by atoms with van der Waals surface area (Å²) in [6, 6.07) is -0.0416. The van der Waals surface area contributed by atoms with Crippen LogP contribution in [0.4, 0.5) is 0 Å². The molecule has 2 unspecified atom stereocenters. The Morgan fingerprint density at radius 1 is 1.44 bits per heavy atom. The van der Waals surface area contributed by atoms with E-state index in [4.69, 9.17) is 15.2 Å². The minimum Gasteiger partial charge on any atom is -0.373 e. The van der Waals surface area contributed by atoms with Crippen LogP contribution in [0.25, 0.3) is 0 Å². The van der Waals surface area contributed by atoms with Crippen LogP contribution in [0.2, 0.25) is 0 Å². The van der Waals surface area contributed by atoms with Gasteiger partial charge in [0.2, 0.25) is 0 Å². The van der Waals surface area contributed by atoms with Crippen LogP contribution in [0, 0.1) is 0 Å². The molecule has 0 aliphatic carbocycles. The fourth-order valence-electron chi connectivity index (χ4n) is 2.17. The molecule has 0 spiro atoms. The summed E-state index contributed by atoms with van der Waals surface area (Å²) >= 11 is 0. The van der Waals surface area contributed by atoms with E-state index in [0.717, 1.165) is 12.8 Å². The summed E-state index contributed by atoms with van der Waals surface area (Å²) in [5, 5.41) is 0. The molecule has 2 fully saturated rings. The van der Waals surface area contributed by atoms with Crippen molar-refractivity contribution < 1.29 is 14.3 Å². The molecule has 0 aromatic rings. The van der Waals surface area contributed by atoms with Crippen molar-refractivity contribution in [2.75, 3.05) is 26.3 Å². The van der Waals surface area contributed by atoms with E-state index in [1.807, 2.05) is 11.8 Å². The zero-order valence-electron chi connectivity index (χ0n) is 9.72. The van der Waals surface area contributed by atoms with Gasteiger partial charge in [-0.2, -0.15) is 0 Å². The maximum Gasteiger partial charge on any atom is 0.251 e. The van der Waals surface area contributed by atoms with E-state index in [-0.39, 0.29) is 24.2 Å². The molecule has 5 heteroatoms. The highest BCUT2D eigenvalue weighted by Crippen LogP contribution is 2.17. The largest absolute Gasteiger partial charge is 0.373 e. The maximum atomic E-state index is 12.1. The lowest BCUT2D eigenvalue weighted by Crippen LogP contribution is -2.53. The zero-order chi connectivity index (χ0) is 11.5. The smallest absolute Gasteiger partial charge is 0.251 e. The van der Waals surface area contributed by atoms with Crippen LogP contribution in [-0.2, 0) is 14.3 Å². The third-order valence-electron chi connectivity index (χ3n) is 3.20. The Bertz CT molecular complexity index is 252. The van der Waals surface area contributed by atoms with Crippen LogP contribution in [-0.4, -0.2) is 55.4 Å². The average molecular weight is 228 g/mol. The minimum atomic E-state index is -0.230. The fraction of sp³-hybridized carbons (Fsp3) is 0.909. The molecule has 0 aromatic heterocycles. The number of morpholine rings is 1. The number of rotatable bonds is 2. The molecule has 0 bridgehead atoms. The van der Waals surface area contributed by atoms with Crippen molar-refractivity contribution in [3.8, 4) is 0 Å². The molecule has 92 valence electrons. The van der Waals surface area contributed by atoms with E-state index in [2.05, 4.69) is 0 Å². The highest BCUT2D eigenvalue weighted by Gasteiger charge is 2.32. The number of nitrogens with zero attached hydrogens (tertiary/aromatic N) is 1. The van der Waals surface area contributed by atoms with Gasteiger partial charge in [-0.25, -0.2) is 0 Å². The van der Waals surface area contributed by atoms with Gasteiger partial charge < -0.3 is 20.1 Å². The van der Waals surface area contributed by atoms with Crippen LogP contribution in [0.3, 0.4) is 0 Å². The van der Waals surface area contributed by atoms with Gasteiger partial charge in [-0.05, 0) is 19.8 Å². The molecule has 2 N–H and O–H groups in total. The van der Waals surface area contributed by atoms with Crippen molar-refractivity contribution >= 4 is 5.91 Å². The van der Waals surface area contributed by atoms with Gasteiger partial charge in [0.05, 0.1) is 12.7 Å². The number of carbonyl (C=O) groups excluding carboxylic acids is 1. The Kier molecular flexibility index (Phi) is 3.78. The van der Waals surface area contributed by atoms with Gasteiger partial charge in [-0.1, -0.05) is 0 Å². The van der Waals surface area contributed by atoms with Gasteiger partial charge in [0.1, 0.15) is 6.10 Å². The second kappa shape index (κ2) is 5.12. The Hall–Kier alpha value is -0.650. The van der Waals surface area contributed by atoms with Crippen LogP contribution in [0.1, 0.15) is 19.8 Å². The Labute approximate surface area is 95.9 Å². The number of nitrogens with two attached hydrogens (primary N) is 1. The van der Waals surface area contributed by atoms with Crippen molar-refractivity contribution in [2.45, 2.75) is 38.0 Å². The third-order valence-corrected chi connectivity index (χ3v) is 3.20. The molecule has 16 heavy (non-hydrogen) atoms. The molecular formula is C11H20N2O3. The Morgan fingerprint density at radius 3 is 2.88 bits per heavy atom. The standard InChI is InChI=1S/C11H20N2O3/c1-8(12)10-7-13(4-6-16-10)11(14)9-3-2-5-15-9/h8-10H,2-7,12H2,1H3/t8?,9-,10?/m0/s1. The molecular weight excluding hydrogens is 208 g/mol. The third kappa shape index (κ3) is 2.53. The quantitative estimate of drug-likeness (QED) is 0.707. The highest BCUT2D eigenvalue weighted by atomic mass is 16.5. The Morgan fingerprint density at radius 2 is 2.25 bits per heavy atom. The van der Waals surface area contributed by atoms with E-state index in [9.17, 15) is 4.79 Å². The highest BCUT2D eigenvalue weighted by molar-refractivity contribution is 5.81. The SMILES string of the molecule is CC(N)C1CN(C(=O)[C@@H]2CCCO2)CCO1. The topological polar surface area (TPSA) is 64.8 Å². The van der Waals surface area contributed by atoms with Gasteiger partial charge in [0, 0.05) is 25.7 Å². The molecule has 5 nitrogen and oxygen atoms in total. The van der Waals surface area contributed by atoms with Gasteiger partial charge in [0.15, 0.2) is 0 Å². The van der Waals surface area contributed by atoms with Gasteiger partial charge in [0.25, 0.3) is 5.91 Å². The van der Waals surface area contributed by atoms with Crippen molar-refractivity contribution in [3.05, 3.63) is 0 Å². The summed E-state index contributed by atoms with van der Waals surface area (Å²) in [6.07, 6.45) is 1.56. The van der Waals surface area contributed by atoms with Gasteiger partial charge >= 0.3 is 0 Å². The first-order valence-corrected chi connectivity index (χ1v) is 5.96. The predicted molar refractivity (Wildman–Crippen MR) is 58.9 cm³/mol. The van der Waals surface area contributed by atoms with E-state index in [0.29, 0.717) is 26.3 Å². The second-order valence-corrected chi connectivity index (χ2v) is 4.55. The number of hydrogen-bond donors (Lipinski definition) is 1. The molecule has 0 aromatic carbocycles. The molecule has 0 saturated carbocycles. The summed E-state index contributed by atoms with van der Waals surface area (Å²) in [5.74, 6) is 0.103. The summed E-state index contributed by atoms with van der Waals surface area (Å²) in [7, 11) is 0. The molecule has 2 aliphatic heterocycles. The van der Waals surface area contributed by atoms with E-state index < -0.39 is 0 Å². The number of ether oxygens (including phenoxy) is 2. The summed E-state index contributed by atoms with van der Waals surface area (Å²) in [6.45, 7) is 4.44. The predicted octanol–water partition coefficient (Wildman–Crippen LogP) is -0.260. The number of carbonyl (C=O) groups is 1. The monoisotopic (exact) mass is 228 g/mol. The number of amides is 1. The minimum absolute atomic E-state index is 0.0416. The van der Waals surface area contributed by atoms with Crippen molar-refractivity contribution in [2.24, 2.45) is 5.73 Å². The van der Waals surface area contributed by atoms with Crippen LogP contribution >= 0.6 is 0 Å². The maximum absolute atomic E-state index is 12.1. The van der Waals surface area contributed by atoms with E-state index in [1.54, 1.807) is 0 Å². The molecule has 3 atom stereocenters. The lowest BCUT2D eigenvalue weighted by Gasteiger charge is -2.35. The number of hydrogen-bond acceptors (Lipinski definition) is 4. The fourth-order valence-corrected chi connectivity index (χ4v) is 2.17. The summed E-state index contributed by atoms with van der Waals surface area (Å²) in [4.78, 5) is 13.9. The van der Waals surface area contributed by atoms with Gasteiger partial charge in [-0.3, -0.25) is 4.79 Å². The van der Waals surface area contributed by atoms with Crippen LogP contribution in [0.5, 0.6) is 0 Å². The zero-order valence-corrected chi connectivity index (χ0v) is 9.72. The summed E-state index contributed by atoms with van der Waals surface area (Å²) < 4.78 is 10.9. The first-order chi connectivity index (χ1) is 7.68. The van der Waals surface area contributed by atoms with E-state index in [1.165, 1.54) is 0 Å². The van der Waals surface area contributed by atoms with E-state index >= 15 is 0 Å². The lowest BCUT2D eigenvalue weighted by atomic mass is 10.1. The first kappa shape index (κ1) is 11.8. The normalized spacial score (nSPS) is 32.8. The molecule has 1 amide bonds. The van der Waals surface area contributed by atoms with Crippen LogP contribution in [0.15, 0.2) is 0 Å². The first-order valence-electron chi connectivity index (χ1n) is 5.96. The molecule has 2 aliphatic rings. The van der Waals surface area contributed by atoms with Crippen molar-refractivity contribution in [3.63, 3.8) is 0 Å².